The number of rotatable bonds is 13. The monoisotopic (exact) mass is 526 g/mol. The molecule has 3 atom stereocenters. The van der Waals surface area contributed by atoms with Crippen LogP contribution < -0.4 is 4.74 Å². The Morgan fingerprint density at radius 3 is 2.68 bits per heavy atom. The van der Waals surface area contributed by atoms with Crippen molar-refractivity contribution in [3.05, 3.63) is 113 Å². The van der Waals surface area contributed by atoms with E-state index in [4.69, 9.17) is 9.47 Å². The number of allylic oxidation sites excluding steroid dienone is 10. The zero-order chi connectivity index (χ0) is 27.5. The van der Waals surface area contributed by atoms with Crippen molar-refractivity contribution in [3.63, 3.8) is 0 Å². The molecular formula is C32H37F3O3. The highest BCUT2D eigenvalue weighted by Crippen LogP contribution is 2.40. The van der Waals surface area contributed by atoms with E-state index in [0.717, 1.165) is 5.57 Å². The molecule has 0 amide bonds. The minimum Gasteiger partial charge on any atom is -0.493 e. The van der Waals surface area contributed by atoms with E-state index < -0.39 is 29.5 Å². The zero-order valence-electron chi connectivity index (χ0n) is 22.1. The van der Waals surface area contributed by atoms with Crippen molar-refractivity contribution in [2.45, 2.75) is 52.2 Å². The summed E-state index contributed by atoms with van der Waals surface area (Å²) in [6.45, 7) is 7.97. The summed E-state index contributed by atoms with van der Waals surface area (Å²) in [6.07, 6.45) is 16.1. The maximum atomic E-state index is 15.2. The van der Waals surface area contributed by atoms with Gasteiger partial charge in [-0.05, 0) is 49.8 Å². The molecule has 204 valence electrons. The fourth-order valence-corrected chi connectivity index (χ4v) is 4.40. The normalized spacial score (nSPS) is 20.9. The summed E-state index contributed by atoms with van der Waals surface area (Å²) in [5.41, 5.74) is 1.95. The third-order valence-corrected chi connectivity index (χ3v) is 6.61. The van der Waals surface area contributed by atoms with Crippen LogP contribution in [0.15, 0.2) is 102 Å². The molecule has 1 aromatic carbocycles. The SMILES string of the molecule is C=CCCOc1ccc(COC/C=C\C(=C/CC)C2=CCC(C3=CCC(C(C)O)C=C3)C(F)=C2F)c(F)c1. The molecule has 3 rings (SSSR count). The van der Waals surface area contributed by atoms with Crippen LogP contribution in [0.4, 0.5) is 13.2 Å². The summed E-state index contributed by atoms with van der Waals surface area (Å²) in [5, 5.41) is 9.75. The average Bonchev–Trinajstić information content (AvgIpc) is 2.91. The highest BCUT2D eigenvalue weighted by molar-refractivity contribution is 5.53. The fraction of sp³-hybridized carbons (Fsp3) is 0.375. The van der Waals surface area contributed by atoms with Crippen LogP contribution in [0.2, 0.25) is 0 Å². The van der Waals surface area contributed by atoms with Gasteiger partial charge in [-0.2, -0.15) is 0 Å². The van der Waals surface area contributed by atoms with E-state index in [1.54, 1.807) is 49.4 Å². The predicted octanol–water partition coefficient (Wildman–Crippen LogP) is 8.17. The van der Waals surface area contributed by atoms with Crippen LogP contribution in [0.25, 0.3) is 0 Å². The smallest absolute Gasteiger partial charge is 0.162 e. The Morgan fingerprint density at radius 2 is 2.03 bits per heavy atom. The van der Waals surface area contributed by atoms with Gasteiger partial charge in [0, 0.05) is 29.0 Å². The number of halogens is 3. The van der Waals surface area contributed by atoms with Crippen molar-refractivity contribution in [2.24, 2.45) is 11.8 Å². The van der Waals surface area contributed by atoms with Crippen LogP contribution in [0.1, 0.15) is 45.1 Å². The Kier molecular flexibility index (Phi) is 11.4. The third-order valence-electron chi connectivity index (χ3n) is 6.61. The van der Waals surface area contributed by atoms with Crippen molar-refractivity contribution < 1.29 is 27.8 Å². The van der Waals surface area contributed by atoms with Gasteiger partial charge in [0.1, 0.15) is 17.4 Å². The molecule has 0 saturated heterocycles. The topological polar surface area (TPSA) is 38.7 Å². The Labute approximate surface area is 224 Å². The summed E-state index contributed by atoms with van der Waals surface area (Å²) in [5.74, 6) is -2.25. The standard InChI is InChI=1S/C32H37F3O3/c1-4-6-19-38-27-15-14-26(30(33)20-27)21-37-18-7-9-24(8-5-2)28-16-17-29(32(35)31(28)34)25-12-10-23(11-13-25)22(3)36/h4,7-10,12-16,20,22-23,29,36H,1,5-6,11,17-19,21H2,2-3H3/b9-7-,24-8+. The maximum absolute atomic E-state index is 15.2. The highest BCUT2D eigenvalue weighted by Gasteiger charge is 2.29. The van der Waals surface area contributed by atoms with Crippen LogP contribution in [0, 0.1) is 17.7 Å². The number of benzene rings is 1. The van der Waals surface area contributed by atoms with Gasteiger partial charge < -0.3 is 14.6 Å². The van der Waals surface area contributed by atoms with Crippen molar-refractivity contribution >= 4 is 0 Å². The summed E-state index contributed by atoms with van der Waals surface area (Å²) in [6, 6.07) is 4.65. The van der Waals surface area contributed by atoms with Gasteiger partial charge in [0.05, 0.1) is 25.9 Å². The molecular weight excluding hydrogens is 489 g/mol. The summed E-state index contributed by atoms with van der Waals surface area (Å²) in [7, 11) is 0. The van der Waals surface area contributed by atoms with Crippen LogP contribution >= 0.6 is 0 Å². The molecule has 0 aromatic heterocycles. The van der Waals surface area contributed by atoms with Gasteiger partial charge in [0.2, 0.25) is 0 Å². The second kappa shape index (κ2) is 14.7. The predicted molar refractivity (Wildman–Crippen MR) is 146 cm³/mol. The van der Waals surface area contributed by atoms with E-state index in [-0.39, 0.29) is 24.7 Å². The fourth-order valence-electron chi connectivity index (χ4n) is 4.40. The first-order chi connectivity index (χ1) is 18.3. The molecule has 0 saturated carbocycles. The van der Waals surface area contributed by atoms with Crippen molar-refractivity contribution in [1.82, 2.24) is 0 Å². The molecule has 6 heteroatoms. The molecule has 0 bridgehead atoms. The second-order valence-corrected chi connectivity index (χ2v) is 9.44. The van der Waals surface area contributed by atoms with Crippen molar-refractivity contribution in [1.29, 1.82) is 0 Å². The zero-order valence-corrected chi connectivity index (χ0v) is 22.1. The van der Waals surface area contributed by atoms with Gasteiger partial charge in [0.15, 0.2) is 5.83 Å². The Balaban J connectivity index is 1.57. The van der Waals surface area contributed by atoms with Crippen LogP contribution in [-0.4, -0.2) is 24.4 Å². The quantitative estimate of drug-likeness (QED) is 0.160. The number of hydrogen-bond acceptors (Lipinski definition) is 3. The summed E-state index contributed by atoms with van der Waals surface area (Å²) in [4.78, 5) is 0. The van der Waals surface area contributed by atoms with Crippen LogP contribution in [0.5, 0.6) is 5.75 Å². The van der Waals surface area contributed by atoms with E-state index in [0.29, 0.717) is 49.2 Å². The van der Waals surface area contributed by atoms with E-state index in [9.17, 15) is 9.50 Å². The molecule has 3 nitrogen and oxygen atoms in total. The molecule has 0 heterocycles. The van der Waals surface area contributed by atoms with E-state index >= 15 is 8.78 Å². The minimum atomic E-state index is -0.851. The van der Waals surface area contributed by atoms with Gasteiger partial charge in [0.25, 0.3) is 0 Å². The van der Waals surface area contributed by atoms with Crippen LogP contribution in [-0.2, 0) is 11.3 Å². The Hall–Kier alpha value is -3.09. The molecule has 0 spiro atoms. The van der Waals surface area contributed by atoms with Crippen molar-refractivity contribution in [2.75, 3.05) is 13.2 Å². The lowest BCUT2D eigenvalue weighted by Gasteiger charge is -2.25. The van der Waals surface area contributed by atoms with E-state index in [1.165, 1.54) is 6.07 Å². The van der Waals surface area contributed by atoms with Crippen molar-refractivity contribution in [3.8, 4) is 5.75 Å². The number of aliphatic hydroxyl groups excluding tert-OH is 1. The van der Waals surface area contributed by atoms with E-state index in [2.05, 4.69) is 6.58 Å². The highest BCUT2D eigenvalue weighted by atomic mass is 19.2. The van der Waals surface area contributed by atoms with Gasteiger partial charge in [-0.25, -0.2) is 13.2 Å². The lowest BCUT2D eigenvalue weighted by atomic mass is 9.82. The molecule has 1 N–H and O–H groups in total. The molecule has 0 radical (unpaired) electrons. The van der Waals surface area contributed by atoms with Gasteiger partial charge in [-0.15, -0.1) is 6.58 Å². The molecule has 2 aliphatic carbocycles. The molecule has 38 heavy (non-hydrogen) atoms. The number of hydrogen-bond donors (Lipinski definition) is 1. The molecule has 1 aromatic rings. The lowest BCUT2D eigenvalue weighted by molar-refractivity contribution is 0.145. The first-order valence-electron chi connectivity index (χ1n) is 13.1. The summed E-state index contributed by atoms with van der Waals surface area (Å²) < 4.78 is 55.7. The number of ether oxygens (including phenoxy) is 2. The lowest BCUT2D eigenvalue weighted by Crippen LogP contribution is -2.18. The van der Waals surface area contributed by atoms with Gasteiger partial charge in [-0.3, -0.25) is 0 Å². The Bertz CT molecular complexity index is 1150. The molecule has 3 unspecified atom stereocenters. The molecule has 0 aliphatic heterocycles. The summed E-state index contributed by atoms with van der Waals surface area (Å²) >= 11 is 0. The minimum absolute atomic E-state index is 0.00552. The van der Waals surface area contributed by atoms with Gasteiger partial charge >= 0.3 is 0 Å². The molecule has 2 aliphatic rings. The first kappa shape index (κ1) is 29.5. The molecule has 0 fully saturated rings. The average molecular weight is 527 g/mol. The van der Waals surface area contributed by atoms with Crippen LogP contribution in [0.3, 0.4) is 0 Å². The largest absolute Gasteiger partial charge is 0.493 e. The first-order valence-corrected chi connectivity index (χ1v) is 13.1. The van der Waals surface area contributed by atoms with E-state index in [1.807, 2.05) is 25.2 Å². The maximum Gasteiger partial charge on any atom is 0.162 e. The second-order valence-electron chi connectivity index (χ2n) is 9.44. The Morgan fingerprint density at radius 1 is 1.21 bits per heavy atom. The number of aliphatic hydroxyl groups is 1. The van der Waals surface area contributed by atoms with Gasteiger partial charge in [-0.1, -0.05) is 61.6 Å². The third kappa shape index (κ3) is 7.95.